The minimum Gasteiger partial charge on any atom is -0.315 e. The lowest BCUT2D eigenvalue weighted by Gasteiger charge is -2.22. The first-order valence-electron chi connectivity index (χ1n) is 11.8. The van der Waals surface area contributed by atoms with E-state index in [1.165, 1.54) is 10.5 Å². The summed E-state index contributed by atoms with van der Waals surface area (Å²) < 4.78 is 1.73. The summed E-state index contributed by atoms with van der Waals surface area (Å²) in [5, 5.41) is 10.6. The zero-order chi connectivity index (χ0) is 24.7. The third-order valence-electron chi connectivity index (χ3n) is 5.47. The van der Waals surface area contributed by atoms with E-state index < -0.39 is 0 Å². The fraction of sp³-hybridized carbons (Fsp3) is 0.370. The van der Waals surface area contributed by atoms with Crippen LogP contribution in [-0.4, -0.2) is 39.7 Å². The van der Waals surface area contributed by atoms with Crippen LogP contribution >= 0.6 is 0 Å². The molecule has 1 heterocycles. The van der Waals surface area contributed by atoms with Crippen molar-refractivity contribution in [3.63, 3.8) is 0 Å². The molecule has 0 saturated carbocycles. The van der Waals surface area contributed by atoms with E-state index in [0.29, 0.717) is 18.1 Å². The van der Waals surface area contributed by atoms with Gasteiger partial charge in [0, 0.05) is 23.7 Å². The number of nitrogens with one attached hydrogen (secondary N) is 2. The van der Waals surface area contributed by atoms with Gasteiger partial charge in [-0.05, 0) is 42.7 Å². The van der Waals surface area contributed by atoms with Crippen LogP contribution in [0.1, 0.15) is 52.3 Å². The molecule has 3 aromatic rings. The standard InChI is InChI=1S/C27H35N5O2/c1-6-17-31(26(34)28-21-15-13-20(7-2)14-16-21)19-25(33)29-24-18-23(27(3,4)5)30-32(24)22-11-9-8-10-12-22/h8-16,18H,6-7,17,19H2,1-5H3,(H,28,34)(H,29,33). The van der Waals surface area contributed by atoms with Gasteiger partial charge in [-0.2, -0.15) is 5.10 Å². The Labute approximate surface area is 202 Å². The van der Waals surface area contributed by atoms with Crippen molar-refractivity contribution in [2.24, 2.45) is 0 Å². The van der Waals surface area contributed by atoms with Crippen LogP contribution in [0.2, 0.25) is 0 Å². The SMILES string of the molecule is CCCN(CC(=O)Nc1cc(C(C)(C)C)nn1-c1ccccc1)C(=O)Nc1ccc(CC)cc1. The summed E-state index contributed by atoms with van der Waals surface area (Å²) in [5.41, 5.74) is 3.45. The average Bonchev–Trinajstić information content (AvgIpc) is 3.24. The molecule has 0 atom stereocenters. The molecule has 7 heteroatoms. The number of anilines is 2. The number of nitrogens with zero attached hydrogens (tertiary/aromatic N) is 3. The molecular weight excluding hydrogens is 426 g/mol. The number of rotatable bonds is 8. The van der Waals surface area contributed by atoms with Crippen LogP contribution in [0.15, 0.2) is 60.7 Å². The number of amides is 3. The monoisotopic (exact) mass is 461 g/mol. The molecule has 3 rings (SSSR count). The van der Waals surface area contributed by atoms with E-state index >= 15 is 0 Å². The summed E-state index contributed by atoms with van der Waals surface area (Å²) in [5.74, 6) is 0.301. The van der Waals surface area contributed by atoms with Crippen LogP contribution in [0.5, 0.6) is 0 Å². The smallest absolute Gasteiger partial charge is 0.315 e. The second-order valence-electron chi connectivity index (χ2n) is 9.36. The maximum absolute atomic E-state index is 13.0. The molecule has 0 unspecified atom stereocenters. The number of hydrogen-bond donors (Lipinski definition) is 2. The highest BCUT2D eigenvalue weighted by molar-refractivity contribution is 5.96. The molecule has 2 N–H and O–H groups in total. The minimum atomic E-state index is -0.298. The van der Waals surface area contributed by atoms with Crippen molar-refractivity contribution in [3.8, 4) is 5.69 Å². The van der Waals surface area contributed by atoms with E-state index in [0.717, 1.165) is 24.2 Å². The van der Waals surface area contributed by atoms with E-state index in [9.17, 15) is 9.59 Å². The van der Waals surface area contributed by atoms with Gasteiger partial charge in [0.05, 0.1) is 11.4 Å². The maximum atomic E-state index is 13.0. The number of aromatic nitrogens is 2. The first-order chi connectivity index (χ1) is 16.2. The van der Waals surface area contributed by atoms with Gasteiger partial charge < -0.3 is 15.5 Å². The lowest BCUT2D eigenvalue weighted by molar-refractivity contribution is -0.116. The number of benzene rings is 2. The molecular formula is C27H35N5O2. The molecule has 2 aromatic carbocycles. The van der Waals surface area contributed by atoms with Crippen molar-refractivity contribution < 1.29 is 9.59 Å². The predicted molar refractivity (Wildman–Crippen MR) is 138 cm³/mol. The van der Waals surface area contributed by atoms with Gasteiger partial charge in [-0.25, -0.2) is 9.48 Å². The van der Waals surface area contributed by atoms with Gasteiger partial charge in [-0.1, -0.05) is 65.0 Å². The molecule has 180 valence electrons. The number of urea groups is 1. The van der Waals surface area contributed by atoms with Crippen LogP contribution in [0, 0.1) is 0 Å². The van der Waals surface area contributed by atoms with Crippen molar-refractivity contribution in [1.29, 1.82) is 0 Å². The van der Waals surface area contributed by atoms with E-state index in [2.05, 4.69) is 38.3 Å². The number of aryl methyl sites for hydroxylation is 1. The lowest BCUT2D eigenvalue weighted by Crippen LogP contribution is -2.41. The molecule has 0 fully saturated rings. The largest absolute Gasteiger partial charge is 0.322 e. The third kappa shape index (κ3) is 6.47. The number of hydrogen-bond acceptors (Lipinski definition) is 3. The summed E-state index contributed by atoms with van der Waals surface area (Å²) in [6.07, 6.45) is 1.68. The van der Waals surface area contributed by atoms with E-state index in [1.807, 2.05) is 67.6 Å². The Morgan fingerprint density at radius 1 is 0.971 bits per heavy atom. The Bertz CT molecular complexity index is 1100. The Morgan fingerprint density at radius 2 is 1.65 bits per heavy atom. The molecule has 0 spiro atoms. The predicted octanol–water partition coefficient (Wildman–Crippen LogP) is 5.61. The molecule has 0 bridgehead atoms. The Morgan fingerprint density at radius 3 is 2.24 bits per heavy atom. The van der Waals surface area contributed by atoms with Gasteiger partial charge >= 0.3 is 6.03 Å². The summed E-state index contributed by atoms with van der Waals surface area (Å²) in [6.45, 7) is 10.7. The molecule has 0 aliphatic rings. The van der Waals surface area contributed by atoms with Crippen LogP contribution in [0.25, 0.3) is 5.69 Å². The molecule has 34 heavy (non-hydrogen) atoms. The van der Waals surface area contributed by atoms with Crippen molar-refractivity contribution in [2.75, 3.05) is 23.7 Å². The van der Waals surface area contributed by atoms with Crippen molar-refractivity contribution in [1.82, 2.24) is 14.7 Å². The highest BCUT2D eigenvalue weighted by Gasteiger charge is 2.23. The summed E-state index contributed by atoms with van der Waals surface area (Å²) in [4.78, 5) is 27.4. The Kier molecular flexibility index (Phi) is 8.10. The zero-order valence-electron chi connectivity index (χ0n) is 20.8. The Hall–Kier alpha value is -3.61. The van der Waals surface area contributed by atoms with Crippen LogP contribution in [0.3, 0.4) is 0 Å². The topological polar surface area (TPSA) is 79.3 Å². The van der Waals surface area contributed by atoms with Gasteiger partial charge in [0.15, 0.2) is 0 Å². The highest BCUT2D eigenvalue weighted by atomic mass is 16.2. The molecule has 7 nitrogen and oxygen atoms in total. The summed E-state index contributed by atoms with van der Waals surface area (Å²) >= 11 is 0. The normalized spacial score (nSPS) is 11.2. The fourth-order valence-electron chi connectivity index (χ4n) is 3.51. The number of para-hydroxylation sites is 1. The van der Waals surface area contributed by atoms with Crippen LogP contribution in [-0.2, 0) is 16.6 Å². The van der Waals surface area contributed by atoms with E-state index in [4.69, 9.17) is 5.10 Å². The van der Waals surface area contributed by atoms with Crippen molar-refractivity contribution in [3.05, 3.63) is 71.9 Å². The highest BCUT2D eigenvalue weighted by Crippen LogP contribution is 2.26. The van der Waals surface area contributed by atoms with Gasteiger partial charge in [0.2, 0.25) is 5.91 Å². The third-order valence-corrected chi connectivity index (χ3v) is 5.47. The zero-order valence-corrected chi connectivity index (χ0v) is 20.8. The number of carbonyl (C=O) groups excluding carboxylic acids is 2. The molecule has 0 radical (unpaired) electrons. The quantitative estimate of drug-likeness (QED) is 0.457. The van der Waals surface area contributed by atoms with E-state index in [-0.39, 0.29) is 23.9 Å². The fourth-order valence-corrected chi connectivity index (χ4v) is 3.51. The lowest BCUT2D eigenvalue weighted by atomic mass is 9.92. The molecule has 1 aromatic heterocycles. The first-order valence-corrected chi connectivity index (χ1v) is 11.8. The van der Waals surface area contributed by atoms with Gasteiger partial charge in [-0.3, -0.25) is 4.79 Å². The second kappa shape index (κ2) is 11.0. The van der Waals surface area contributed by atoms with E-state index in [1.54, 1.807) is 4.68 Å². The maximum Gasteiger partial charge on any atom is 0.322 e. The number of carbonyl (C=O) groups is 2. The van der Waals surface area contributed by atoms with Gasteiger partial charge in [0.25, 0.3) is 0 Å². The Balaban J connectivity index is 1.75. The summed E-state index contributed by atoms with van der Waals surface area (Å²) in [7, 11) is 0. The van der Waals surface area contributed by atoms with Gasteiger partial charge in [0.1, 0.15) is 12.4 Å². The van der Waals surface area contributed by atoms with Gasteiger partial charge in [-0.15, -0.1) is 0 Å². The molecule has 0 aliphatic heterocycles. The summed E-state index contributed by atoms with van der Waals surface area (Å²) in [6, 6.07) is 19.0. The van der Waals surface area contributed by atoms with Crippen molar-refractivity contribution >= 4 is 23.4 Å². The molecule has 0 saturated heterocycles. The van der Waals surface area contributed by atoms with Crippen molar-refractivity contribution in [2.45, 2.75) is 52.9 Å². The van der Waals surface area contributed by atoms with Crippen LogP contribution in [0.4, 0.5) is 16.3 Å². The first kappa shape index (κ1) is 25.0. The average molecular weight is 462 g/mol. The second-order valence-corrected chi connectivity index (χ2v) is 9.36. The molecule has 0 aliphatic carbocycles. The minimum absolute atomic E-state index is 0.0580. The molecule has 3 amide bonds. The van der Waals surface area contributed by atoms with Crippen LogP contribution < -0.4 is 10.6 Å².